The lowest BCUT2D eigenvalue weighted by atomic mass is 10.3. The highest BCUT2D eigenvalue weighted by atomic mass is 79.9. The molecule has 122 valence electrons. The van der Waals surface area contributed by atoms with Crippen LogP contribution in [0.1, 0.15) is 46.3 Å². The van der Waals surface area contributed by atoms with Gasteiger partial charge in [0.1, 0.15) is 10.7 Å². The van der Waals surface area contributed by atoms with E-state index in [1.807, 2.05) is 20.8 Å². The number of sulfonamides is 1. The average Bonchev–Trinajstić information content (AvgIpc) is 2.81. The fraction of sp³-hybridized carbons (Fsp3) is 0.714. The van der Waals surface area contributed by atoms with Crippen molar-refractivity contribution in [2.45, 2.75) is 58.0 Å². The Bertz CT molecular complexity index is 542. The van der Waals surface area contributed by atoms with Crippen LogP contribution in [-0.2, 0) is 16.6 Å². The Morgan fingerprint density at radius 3 is 2.57 bits per heavy atom. The molecule has 1 rings (SSSR count). The van der Waals surface area contributed by atoms with Crippen molar-refractivity contribution in [1.82, 2.24) is 9.62 Å². The standard InChI is InChI=1S/C14H25BrN2O3S/c1-5-8-16-10-12-9-13(14(15)20-12)21(18,19)17(7-3)11(4)6-2/h9,11,16H,5-8,10H2,1-4H3. The third-order valence-electron chi connectivity index (χ3n) is 3.41. The summed E-state index contributed by atoms with van der Waals surface area (Å²) in [7, 11) is -3.54. The summed E-state index contributed by atoms with van der Waals surface area (Å²) in [6, 6.07) is 1.57. The fourth-order valence-corrected chi connectivity index (χ4v) is 4.77. The van der Waals surface area contributed by atoms with E-state index in [1.54, 1.807) is 6.07 Å². The molecule has 0 bridgehead atoms. The van der Waals surface area contributed by atoms with Crippen molar-refractivity contribution in [3.05, 3.63) is 16.5 Å². The summed E-state index contributed by atoms with van der Waals surface area (Å²) in [5.74, 6) is 0.620. The summed E-state index contributed by atoms with van der Waals surface area (Å²) in [6.07, 6.45) is 1.79. The summed E-state index contributed by atoms with van der Waals surface area (Å²) < 4.78 is 32.8. The van der Waals surface area contributed by atoms with E-state index in [9.17, 15) is 8.42 Å². The molecule has 0 saturated heterocycles. The van der Waals surface area contributed by atoms with Gasteiger partial charge in [-0.2, -0.15) is 4.31 Å². The zero-order valence-electron chi connectivity index (χ0n) is 13.1. The summed E-state index contributed by atoms with van der Waals surface area (Å²) in [5.41, 5.74) is 0. The molecule has 0 fully saturated rings. The number of hydrogen-bond acceptors (Lipinski definition) is 4. The molecule has 1 aromatic heterocycles. The third kappa shape index (κ3) is 4.55. The minimum Gasteiger partial charge on any atom is -0.452 e. The van der Waals surface area contributed by atoms with Gasteiger partial charge in [-0.1, -0.05) is 20.8 Å². The maximum Gasteiger partial charge on any atom is 0.247 e. The number of halogens is 1. The van der Waals surface area contributed by atoms with E-state index in [-0.39, 0.29) is 15.6 Å². The van der Waals surface area contributed by atoms with Gasteiger partial charge in [-0.25, -0.2) is 8.42 Å². The van der Waals surface area contributed by atoms with Crippen LogP contribution in [0.15, 0.2) is 20.0 Å². The van der Waals surface area contributed by atoms with Crippen molar-refractivity contribution in [3.63, 3.8) is 0 Å². The first kappa shape index (κ1) is 18.7. The molecule has 1 unspecified atom stereocenters. The van der Waals surface area contributed by atoms with Crippen LogP contribution in [0.3, 0.4) is 0 Å². The van der Waals surface area contributed by atoms with Gasteiger partial charge in [0.15, 0.2) is 4.67 Å². The SMILES string of the molecule is CCCNCc1cc(S(=O)(=O)N(CC)C(C)CC)c(Br)o1. The summed E-state index contributed by atoms with van der Waals surface area (Å²) in [5, 5.41) is 3.20. The normalized spacial score (nSPS) is 13.8. The second-order valence-electron chi connectivity index (χ2n) is 4.99. The van der Waals surface area contributed by atoms with Gasteiger partial charge in [0.25, 0.3) is 0 Å². The molecular formula is C14H25BrN2O3S. The van der Waals surface area contributed by atoms with E-state index in [0.29, 0.717) is 18.8 Å². The average molecular weight is 381 g/mol. The van der Waals surface area contributed by atoms with Crippen molar-refractivity contribution in [3.8, 4) is 0 Å². The molecule has 0 saturated carbocycles. The van der Waals surface area contributed by atoms with Crippen molar-refractivity contribution >= 4 is 26.0 Å². The quantitative estimate of drug-likeness (QED) is 0.667. The minimum atomic E-state index is -3.54. The Morgan fingerprint density at radius 2 is 2.05 bits per heavy atom. The number of furan rings is 1. The van der Waals surface area contributed by atoms with Crippen LogP contribution < -0.4 is 5.32 Å². The van der Waals surface area contributed by atoms with E-state index in [4.69, 9.17) is 4.42 Å². The second kappa shape index (κ2) is 8.31. The minimum absolute atomic E-state index is 0.0385. The highest BCUT2D eigenvalue weighted by Gasteiger charge is 2.31. The zero-order chi connectivity index (χ0) is 16.0. The number of rotatable bonds is 9. The molecule has 7 heteroatoms. The van der Waals surface area contributed by atoms with Crippen LogP contribution in [0.5, 0.6) is 0 Å². The van der Waals surface area contributed by atoms with Crippen molar-refractivity contribution in [1.29, 1.82) is 0 Å². The molecule has 1 N–H and O–H groups in total. The van der Waals surface area contributed by atoms with Gasteiger partial charge in [0, 0.05) is 18.7 Å². The van der Waals surface area contributed by atoms with E-state index in [1.165, 1.54) is 4.31 Å². The monoisotopic (exact) mass is 380 g/mol. The molecule has 0 aliphatic heterocycles. The lowest BCUT2D eigenvalue weighted by molar-refractivity contribution is 0.341. The van der Waals surface area contributed by atoms with Gasteiger partial charge in [0.2, 0.25) is 10.0 Å². The number of nitrogens with one attached hydrogen (secondary N) is 1. The lowest BCUT2D eigenvalue weighted by Crippen LogP contribution is -2.38. The van der Waals surface area contributed by atoms with Gasteiger partial charge < -0.3 is 9.73 Å². The summed E-state index contributed by atoms with van der Waals surface area (Å²) in [4.78, 5) is 0.206. The molecule has 1 atom stereocenters. The highest BCUT2D eigenvalue weighted by Crippen LogP contribution is 2.30. The number of nitrogens with zero attached hydrogens (tertiary/aromatic N) is 1. The summed E-state index contributed by atoms with van der Waals surface area (Å²) in [6.45, 7) is 9.66. The zero-order valence-corrected chi connectivity index (χ0v) is 15.6. The molecule has 0 aliphatic carbocycles. The molecular weight excluding hydrogens is 356 g/mol. The first-order valence-electron chi connectivity index (χ1n) is 7.39. The molecule has 0 aliphatic rings. The Hall–Kier alpha value is -0.370. The van der Waals surface area contributed by atoms with Crippen LogP contribution in [0.25, 0.3) is 0 Å². The Kier molecular flexibility index (Phi) is 7.39. The molecule has 1 heterocycles. The molecule has 21 heavy (non-hydrogen) atoms. The maximum atomic E-state index is 12.7. The van der Waals surface area contributed by atoms with Gasteiger partial charge >= 0.3 is 0 Å². The Balaban J connectivity index is 3.02. The predicted molar refractivity (Wildman–Crippen MR) is 87.7 cm³/mol. The smallest absolute Gasteiger partial charge is 0.247 e. The third-order valence-corrected chi connectivity index (χ3v) is 6.36. The van der Waals surface area contributed by atoms with Crippen molar-refractivity contribution < 1.29 is 12.8 Å². The van der Waals surface area contributed by atoms with Crippen molar-refractivity contribution in [2.24, 2.45) is 0 Å². The second-order valence-corrected chi connectivity index (χ2v) is 7.57. The van der Waals surface area contributed by atoms with Crippen LogP contribution in [-0.4, -0.2) is 31.9 Å². The van der Waals surface area contributed by atoms with Crippen LogP contribution >= 0.6 is 15.9 Å². The molecule has 0 aromatic carbocycles. The predicted octanol–water partition coefficient (Wildman–Crippen LogP) is 3.35. The van der Waals surface area contributed by atoms with E-state index in [0.717, 1.165) is 19.4 Å². The van der Waals surface area contributed by atoms with Gasteiger partial charge in [-0.3, -0.25) is 0 Å². The van der Waals surface area contributed by atoms with E-state index < -0.39 is 10.0 Å². The van der Waals surface area contributed by atoms with Crippen LogP contribution in [0, 0.1) is 0 Å². The maximum absolute atomic E-state index is 12.7. The largest absolute Gasteiger partial charge is 0.452 e. The molecule has 1 aromatic rings. The lowest BCUT2D eigenvalue weighted by Gasteiger charge is -2.25. The van der Waals surface area contributed by atoms with Gasteiger partial charge in [-0.15, -0.1) is 0 Å². The highest BCUT2D eigenvalue weighted by molar-refractivity contribution is 9.10. The molecule has 0 amide bonds. The fourth-order valence-electron chi connectivity index (χ4n) is 2.10. The Morgan fingerprint density at radius 1 is 1.38 bits per heavy atom. The van der Waals surface area contributed by atoms with Crippen molar-refractivity contribution in [2.75, 3.05) is 13.1 Å². The topological polar surface area (TPSA) is 62.6 Å². The molecule has 5 nitrogen and oxygen atoms in total. The first-order valence-corrected chi connectivity index (χ1v) is 9.62. The first-order chi connectivity index (χ1) is 9.88. The van der Waals surface area contributed by atoms with Crippen LogP contribution in [0.2, 0.25) is 0 Å². The molecule has 0 radical (unpaired) electrons. The van der Waals surface area contributed by atoms with Crippen LogP contribution in [0.4, 0.5) is 0 Å². The van der Waals surface area contributed by atoms with Gasteiger partial charge in [-0.05, 0) is 42.2 Å². The Labute approximate surface area is 136 Å². The van der Waals surface area contributed by atoms with E-state index >= 15 is 0 Å². The van der Waals surface area contributed by atoms with E-state index in [2.05, 4.69) is 28.2 Å². The van der Waals surface area contributed by atoms with Gasteiger partial charge in [0.05, 0.1) is 6.54 Å². The summed E-state index contributed by atoms with van der Waals surface area (Å²) >= 11 is 3.23. The number of hydrogen-bond donors (Lipinski definition) is 1. The molecule has 0 spiro atoms.